The van der Waals surface area contributed by atoms with Gasteiger partial charge in [0.2, 0.25) is 0 Å². The van der Waals surface area contributed by atoms with Crippen LogP contribution in [0.4, 0.5) is 4.79 Å². The highest BCUT2D eigenvalue weighted by Gasteiger charge is 2.14. The molecule has 0 aliphatic rings. The highest BCUT2D eigenvalue weighted by Crippen LogP contribution is 2.15. The lowest BCUT2D eigenvalue weighted by Gasteiger charge is -2.19. The minimum atomic E-state index is -0.481. The van der Waals surface area contributed by atoms with Gasteiger partial charge in [-0.3, -0.25) is 0 Å². The molecule has 0 aromatic carbocycles. The van der Waals surface area contributed by atoms with E-state index in [0.29, 0.717) is 6.61 Å². The maximum absolute atomic E-state index is 11.9. The molecular formula is C24H49NO3. The first-order chi connectivity index (χ1) is 13.7. The molecule has 0 heterocycles. The molecule has 0 saturated heterocycles. The first-order valence-electron chi connectivity index (χ1n) is 12.2. The van der Waals surface area contributed by atoms with Crippen LogP contribution in [0, 0.1) is 0 Å². The van der Waals surface area contributed by atoms with E-state index in [1.165, 1.54) is 57.8 Å². The number of rotatable bonds is 20. The van der Waals surface area contributed by atoms with Gasteiger partial charge in [-0.15, -0.1) is 0 Å². The molecule has 4 nitrogen and oxygen atoms in total. The van der Waals surface area contributed by atoms with Crippen LogP contribution in [0.1, 0.15) is 118 Å². The van der Waals surface area contributed by atoms with Crippen molar-refractivity contribution in [3.63, 3.8) is 0 Å². The van der Waals surface area contributed by atoms with Crippen LogP contribution >= 0.6 is 0 Å². The summed E-state index contributed by atoms with van der Waals surface area (Å²) in [5.41, 5.74) is 0. The van der Waals surface area contributed by atoms with E-state index in [0.717, 1.165) is 51.7 Å². The highest BCUT2D eigenvalue weighted by atomic mass is 16.7. The van der Waals surface area contributed by atoms with Gasteiger partial charge in [0.25, 0.3) is 0 Å². The highest BCUT2D eigenvalue weighted by molar-refractivity contribution is 5.60. The number of hydrogen-bond acceptors (Lipinski definition) is 4. The van der Waals surface area contributed by atoms with Gasteiger partial charge in [0.1, 0.15) is 6.10 Å². The van der Waals surface area contributed by atoms with E-state index in [-0.39, 0.29) is 6.10 Å². The van der Waals surface area contributed by atoms with Crippen LogP contribution in [0.15, 0.2) is 0 Å². The number of carbonyl (C=O) groups is 1. The second kappa shape index (κ2) is 21.0. The summed E-state index contributed by atoms with van der Waals surface area (Å²) in [6.45, 7) is 12.2. The van der Waals surface area contributed by atoms with Crippen molar-refractivity contribution in [2.45, 2.75) is 124 Å². The molecule has 0 fully saturated rings. The van der Waals surface area contributed by atoms with Crippen LogP contribution in [-0.4, -0.2) is 43.4 Å². The van der Waals surface area contributed by atoms with Crippen molar-refractivity contribution in [3.8, 4) is 0 Å². The van der Waals surface area contributed by atoms with Crippen molar-refractivity contribution in [3.05, 3.63) is 0 Å². The maximum Gasteiger partial charge on any atom is 0.508 e. The Labute approximate surface area is 175 Å². The zero-order chi connectivity index (χ0) is 20.9. The van der Waals surface area contributed by atoms with Crippen molar-refractivity contribution < 1.29 is 14.3 Å². The van der Waals surface area contributed by atoms with Crippen molar-refractivity contribution in [2.24, 2.45) is 0 Å². The number of nitrogens with zero attached hydrogens (tertiary/aromatic N) is 1. The molecule has 0 aliphatic carbocycles. The molecule has 0 rings (SSSR count). The number of ether oxygens (including phenoxy) is 2. The van der Waals surface area contributed by atoms with Gasteiger partial charge >= 0.3 is 6.16 Å². The fourth-order valence-electron chi connectivity index (χ4n) is 3.60. The minimum absolute atomic E-state index is 0.0225. The van der Waals surface area contributed by atoms with Gasteiger partial charge in [-0.2, -0.15) is 0 Å². The van der Waals surface area contributed by atoms with Gasteiger partial charge in [0, 0.05) is 6.54 Å². The molecular weight excluding hydrogens is 350 g/mol. The summed E-state index contributed by atoms with van der Waals surface area (Å²) in [5.74, 6) is 0. The standard InChI is InChI=1S/C24H49NO3/c1-5-9-10-11-12-13-14-15-16-17-20-23(19-6-2)28-24(26)27-22-18-21-25(7-3)8-4/h23H,5-22H2,1-4H3. The van der Waals surface area contributed by atoms with Gasteiger partial charge in [-0.05, 0) is 38.8 Å². The topological polar surface area (TPSA) is 38.8 Å². The SMILES string of the molecule is CCCCCCCCCCCCC(CCC)OC(=O)OCCCN(CC)CC. The number of hydrogen-bond donors (Lipinski definition) is 0. The lowest BCUT2D eigenvalue weighted by molar-refractivity contribution is 0.0153. The van der Waals surface area contributed by atoms with Crippen LogP contribution in [0.2, 0.25) is 0 Å². The summed E-state index contributed by atoms with van der Waals surface area (Å²) in [7, 11) is 0. The van der Waals surface area contributed by atoms with Crippen molar-refractivity contribution in [1.82, 2.24) is 4.90 Å². The van der Waals surface area contributed by atoms with Crippen molar-refractivity contribution >= 4 is 6.16 Å². The average Bonchev–Trinajstić information content (AvgIpc) is 2.69. The zero-order valence-electron chi connectivity index (χ0n) is 19.5. The molecule has 1 atom stereocenters. The molecule has 0 aliphatic heterocycles. The second-order valence-corrected chi connectivity index (χ2v) is 7.98. The minimum Gasteiger partial charge on any atom is -0.434 e. The fourth-order valence-corrected chi connectivity index (χ4v) is 3.60. The smallest absolute Gasteiger partial charge is 0.434 e. The zero-order valence-corrected chi connectivity index (χ0v) is 19.5. The maximum atomic E-state index is 11.9. The first kappa shape index (κ1) is 27.2. The molecule has 4 heteroatoms. The van der Waals surface area contributed by atoms with Gasteiger partial charge < -0.3 is 14.4 Å². The Balaban J connectivity index is 3.71. The van der Waals surface area contributed by atoms with Gasteiger partial charge in [0.15, 0.2) is 0 Å². The van der Waals surface area contributed by atoms with E-state index in [4.69, 9.17) is 9.47 Å². The molecule has 0 spiro atoms. The van der Waals surface area contributed by atoms with Crippen LogP contribution in [0.5, 0.6) is 0 Å². The van der Waals surface area contributed by atoms with E-state index < -0.39 is 6.16 Å². The number of unbranched alkanes of at least 4 members (excludes halogenated alkanes) is 9. The fraction of sp³-hybridized carbons (Fsp3) is 0.958. The largest absolute Gasteiger partial charge is 0.508 e. The lowest BCUT2D eigenvalue weighted by Crippen LogP contribution is -2.25. The Morgan fingerprint density at radius 2 is 1.29 bits per heavy atom. The van der Waals surface area contributed by atoms with E-state index in [1.54, 1.807) is 0 Å². The van der Waals surface area contributed by atoms with E-state index in [2.05, 4.69) is 32.6 Å². The first-order valence-corrected chi connectivity index (χ1v) is 12.2. The van der Waals surface area contributed by atoms with Crippen LogP contribution in [0.25, 0.3) is 0 Å². The Hall–Kier alpha value is -0.770. The summed E-state index contributed by atoms with van der Waals surface area (Å²) < 4.78 is 10.8. The van der Waals surface area contributed by atoms with E-state index >= 15 is 0 Å². The third-order valence-corrected chi connectivity index (χ3v) is 5.49. The summed E-state index contributed by atoms with van der Waals surface area (Å²) >= 11 is 0. The molecule has 0 radical (unpaired) electrons. The molecule has 0 amide bonds. The van der Waals surface area contributed by atoms with Crippen molar-refractivity contribution in [1.29, 1.82) is 0 Å². The summed E-state index contributed by atoms with van der Waals surface area (Å²) in [5, 5.41) is 0. The summed E-state index contributed by atoms with van der Waals surface area (Å²) in [6.07, 6.45) is 16.7. The van der Waals surface area contributed by atoms with Gasteiger partial charge in [-0.25, -0.2) is 4.79 Å². The Morgan fingerprint density at radius 3 is 1.82 bits per heavy atom. The Kier molecular flexibility index (Phi) is 20.4. The lowest BCUT2D eigenvalue weighted by atomic mass is 10.0. The molecule has 28 heavy (non-hydrogen) atoms. The average molecular weight is 400 g/mol. The number of carbonyl (C=O) groups excluding carboxylic acids is 1. The van der Waals surface area contributed by atoms with Crippen LogP contribution < -0.4 is 0 Å². The normalized spacial score (nSPS) is 12.3. The predicted octanol–water partition coefficient (Wildman–Crippen LogP) is 7.35. The second-order valence-electron chi connectivity index (χ2n) is 7.98. The van der Waals surface area contributed by atoms with E-state index in [9.17, 15) is 4.79 Å². The molecule has 0 aromatic rings. The molecule has 0 N–H and O–H groups in total. The van der Waals surface area contributed by atoms with Gasteiger partial charge in [-0.1, -0.05) is 91.9 Å². The molecule has 0 saturated carbocycles. The van der Waals surface area contributed by atoms with Gasteiger partial charge in [0.05, 0.1) is 6.61 Å². The summed E-state index contributed by atoms with van der Waals surface area (Å²) in [6, 6.07) is 0. The van der Waals surface area contributed by atoms with E-state index in [1.807, 2.05) is 0 Å². The Bertz CT molecular complexity index is 332. The Morgan fingerprint density at radius 1 is 0.714 bits per heavy atom. The third-order valence-electron chi connectivity index (χ3n) is 5.49. The third kappa shape index (κ3) is 17.3. The molecule has 1 unspecified atom stereocenters. The molecule has 0 bridgehead atoms. The predicted molar refractivity (Wildman–Crippen MR) is 120 cm³/mol. The monoisotopic (exact) mass is 399 g/mol. The molecule has 0 aromatic heterocycles. The quantitative estimate of drug-likeness (QED) is 0.158. The molecule has 168 valence electrons. The summed E-state index contributed by atoms with van der Waals surface area (Å²) in [4.78, 5) is 14.3. The van der Waals surface area contributed by atoms with Crippen molar-refractivity contribution in [2.75, 3.05) is 26.2 Å². The van der Waals surface area contributed by atoms with Crippen LogP contribution in [0.3, 0.4) is 0 Å². The van der Waals surface area contributed by atoms with Crippen LogP contribution in [-0.2, 0) is 9.47 Å².